The van der Waals surface area contributed by atoms with E-state index < -0.39 is 17.4 Å². The molecule has 0 radical (unpaired) electrons. The minimum atomic E-state index is -0.806. The van der Waals surface area contributed by atoms with Gasteiger partial charge in [0.05, 0.1) is 11.8 Å². The van der Waals surface area contributed by atoms with E-state index in [0.29, 0.717) is 24.3 Å². The van der Waals surface area contributed by atoms with Gasteiger partial charge in [-0.1, -0.05) is 167 Å². The van der Waals surface area contributed by atoms with Crippen molar-refractivity contribution in [2.75, 3.05) is 11.5 Å². The second kappa shape index (κ2) is 36.1. The van der Waals surface area contributed by atoms with Gasteiger partial charge in [-0.2, -0.15) is 11.8 Å². The summed E-state index contributed by atoms with van der Waals surface area (Å²) in [6.07, 6.45) is 46.1. The lowest BCUT2D eigenvalue weighted by Gasteiger charge is -2.29. The molecule has 0 aromatic heterocycles. The smallest absolute Gasteiger partial charge is 0.310 e. The van der Waals surface area contributed by atoms with E-state index in [0.717, 1.165) is 25.7 Å². The Labute approximate surface area is 296 Å². The van der Waals surface area contributed by atoms with Crippen LogP contribution in [0.3, 0.4) is 0 Å². The number of rotatable bonds is 38. The molecule has 0 aliphatic carbocycles. The van der Waals surface area contributed by atoms with Gasteiger partial charge < -0.3 is 10.2 Å². The van der Waals surface area contributed by atoms with E-state index in [-0.39, 0.29) is 6.42 Å². The zero-order valence-corrected chi connectivity index (χ0v) is 32.1. The van der Waals surface area contributed by atoms with Crippen molar-refractivity contribution in [2.45, 2.75) is 213 Å². The molecule has 0 unspecified atom stereocenters. The van der Waals surface area contributed by atoms with Crippen molar-refractivity contribution < 1.29 is 19.8 Å². The van der Waals surface area contributed by atoms with Gasteiger partial charge in [0.1, 0.15) is 0 Å². The minimum absolute atomic E-state index is 0.100. The molecule has 0 bridgehead atoms. The van der Waals surface area contributed by atoms with Crippen molar-refractivity contribution in [3.05, 3.63) is 24.3 Å². The molecule has 0 atom stereocenters. The molecule has 0 fully saturated rings. The van der Waals surface area contributed by atoms with Gasteiger partial charge in [-0.15, -0.1) is 0 Å². The Kier molecular flexibility index (Phi) is 35.1. The van der Waals surface area contributed by atoms with E-state index in [2.05, 4.69) is 38.2 Å². The highest BCUT2D eigenvalue weighted by atomic mass is 32.2. The lowest BCUT2D eigenvalue weighted by Crippen LogP contribution is -2.34. The quantitative estimate of drug-likeness (QED) is 0.0502. The molecule has 47 heavy (non-hydrogen) atoms. The summed E-state index contributed by atoms with van der Waals surface area (Å²) in [5, 5.41) is 19.4. The van der Waals surface area contributed by atoms with Crippen LogP contribution in [0, 0.1) is 5.41 Å². The first kappa shape index (κ1) is 45.8. The zero-order chi connectivity index (χ0) is 34.5. The SMILES string of the molecule is CCCCCCCCC=CCCCCCCCCC(CCCCCCCCC=CCCCCCCCC)(CSCCC(=O)O)C(=O)O. The van der Waals surface area contributed by atoms with E-state index in [4.69, 9.17) is 5.11 Å². The van der Waals surface area contributed by atoms with Crippen molar-refractivity contribution in [3.8, 4) is 0 Å². The Morgan fingerprint density at radius 2 is 0.809 bits per heavy atom. The van der Waals surface area contributed by atoms with Crippen molar-refractivity contribution in [2.24, 2.45) is 5.41 Å². The normalized spacial score (nSPS) is 13.1. The molecule has 0 aromatic rings. The number of carboxylic acid groups (broad SMARTS) is 2. The molecule has 0 saturated heterocycles. The highest BCUT2D eigenvalue weighted by Crippen LogP contribution is 2.36. The van der Waals surface area contributed by atoms with Crippen molar-refractivity contribution in [3.63, 3.8) is 0 Å². The van der Waals surface area contributed by atoms with Gasteiger partial charge in [0.15, 0.2) is 0 Å². The van der Waals surface area contributed by atoms with Gasteiger partial charge in [-0.05, 0) is 64.2 Å². The fraction of sp³-hybridized carbons (Fsp3) is 0.857. The molecule has 0 heterocycles. The Balaban J connectivity index is 4.19. The van der Waals surface area contributed by atoms with Crippen molar-refractivity contribution in [1.82, 2.24) is 0 Å². The number of hydrogen-bond donors (Lipinski definition) is 2. The first-order valence-corrected chi connectivity index (χ1v) is 21.5. The van der Waals surface area contributed by atoms with Crippen LogP contribution in [0.25, 0.3) is 0 Å². The summed E-state index contributed by atoms with van der Waals surface area (Å²) in [5.41, 5.74) is -0.717. The molecule has 0 aliphatic rings. The second-order valence-corrected chi connectivity index (χ2v) is 15.3. The van der Waals surface area contributed by atoms with Gasteiger partial charge in [0, 0.05) is 11.5 Å². The highest BCUT2D eigenvalue weighted by molar-refractivity contribution is 7.99. The average Bonchev–Trinajstić information content (AvgIpc) is 3.05. The van der Waals surface area contributed by atoms with Crippen LogP contribution in [-0.2, 0) is 9.59 Å². The van der Waals surface area contributed by atoms with Crippen LogP contribution in [0.2, 0.25) is 0 Å². The Hall–Kier alpha value is -1.23. The number of thioether (sulfide) groups is 1. The van der Waals surface area contributed by atoms with Crippen LogP contribution in [0.1, 0.15) is 213 Å². The molecule has 5 heteroatoms. The third-order valence-electron chi connectivity index (χ3n) is 9.63. The summed E-state index contributed by atoms with van der Waals surface area (Å²) in [7, 11) is 0. The molecule has 0 rings (SSSR count). The maximum Gasteiger partial charge on any atom is 0.310 e. The molecule has 0 aliphatic heterocycles. The topological polar surface area (TPSA) is 74.6 Å². The maximum atomic E-state index is 12.6. The van der Waals surface area contributed by atoms with Gasteiger partial charge in [-0.3, -0.25) is 9.59 Å². The van der Waals surface area contributed by atoms with Gasteiger partial charge in [-0.25, -0.2) is 0 Å². The Morgan fingerprint density at radius 3 is 1.13 bits per heavy atom. The molecule has 0 spiro atoms. The third kappa shape index (κ3) is 31.8. The lowest BCUT2D eigenvalue weighted by atomic mass is 9.79. The molecular weight excluding hydrogens is 601 g/mol. The second-order valence-electron chi connectivity index (χ2n) is 14.2. The van der Waals surface area contributed by atoms with E-state index in [1.54, 1.807) is 0 Å². The van der Waals surface area contributed by atoms with E-state index in [9.17, 15) is 14.7 Å². The van der Waals surface area contributed by atoms with Crippen LogP contribution in [-0.4, -0.2) is 33.7 Å². The van der Waals surface area contributed by atoms with E-state index >= 15 is 0 Å². The third-order valence-corrected chi connectivity index (χ3v) is 10.9. The Morgan fingerprint density at radius 1 is 0.489 bits per heavy atom. The number of allylic oxidation sites excluding steroid dienone is 4. The summed E-state index contributed by atoms with van der Waals surface area (Å²) in [6, 6.07) is 0. The summed E-state index contributed by atoms with van der Waals surface area (Å²) in [6.45, 7) is 4.53. The average molecular weight is 679 g/mol. The number of aliphatic carboxylic acids is 2. The molecular formula is C42H78O4S. The predicted octanol–water partition coefficient (Wildman–Crippen LogP) is 14.1. The number of carbonyl (C=O) groups is 2. The Bertz CT molecular complexity index is 705. The summed E-state index contributed by atoms with van der Waals surface area (Å²) in [5.74, 6) is -0.461. The molecule has 0 aromatic carbocycles. The molecule has 0 saturated carbocycles. The standard InChI is InChI=1S/C42H78O4S/c1-3-5-7-9-11-13-15-17-19-21-23-25-27-29-31-33-36-42(41(45)46,39-47-38-35-40(43)44)37-34-32-30-28-26-24-22-20-18-16-14-12-10-8-6-4-2/h17-20H,3-16,21-39H2,1-2H3,(H,43,44)(H,45,46). The van der Waals surface area contributed by atoms with Crippen LogP contribution in [0.5, 0.6) is 0 Å². The van der Waals surface area contributed by atoms with E-state index in [1.165, 1.54) is 166 Å². The van der Waals surface area contributed by atoms with Crippen LogP contribution in [0.4, 0.5) is 0 Å². The molecule has 276 valence electrons. The largest absolute Gasteiger partial charge is 0.481 e. The number of carboxylic acids is 2. The molecule has 0 amide bonds. The van der Waals surface area contributed by atoms with Gasteiger partial charge in [0.25, 0.3) is 0 Å². The fourth-order valence-electron chi connectivity index (χ4n) is 6.39. The summed E-state index contributed by atoms with van der Waals surface area (Å²) < 4.78 is 0. The summed E-state index contributed by atoms with van der Waals surface area (Å²) >= 11 is 1.52. The number of unbranched alkanes of at least 4 members (excludes halogenated alkanes) is 24. The van der Waals surface area contributed by atoms with Crippen molar-refractivity contribution >= 4 is 23.7 Å². The van der Waals surface area contributed by atoms with Gasteiger partial charge >= 0.3 is 11.9 Å². The van der Waals surface area contributed by atoms with E-state index in [1.807, 2.05) is 0 Å². The fourth-order valence-corrected chi connectivity index (χ4v) is 7.66. The maximum absolute atomic E-state index is 12.6. The first-order valence-electron chi connectivity index (χ1n) is 20.3. The molecule has 4 nitrogen and oxygen atoms in total. The van der Waals surface area contributed by atoms with Crippen LogP contribution >= 0.6 is 11.8 Å². The lowest BCUT2D eigenvalue weighted by molar-refractivity contribution is -0.148. The highest BCUT2D eigenvalue weighted by Gasteiger charge is 2.37. The van der Waals surface area contributed by atoms with Crippen LogP contribution < -0.4 is 0 Å². The first-order chi connectivity index (χ1) is 23.0. The summed E-state index contributed by atoms with van der Waals surface area (Å²) in [4.78, 5) is 23.6. The van der Waals surface area contributed by atoms with Gasteiger partial charge in [0.2, 0.25) is 0 Å². The molecule has 2 N–H and O–H groups in total. The minimum Gasteiger partial charge on any atom is -0.481 e. The zero-order valence-electron chi connectivity index (χ0n) is 31.3. The van der Waals surface area contributed by atoms with Crippen molar-refractivity contribution in [1.29, 1.82) is 0 Å². The van der Waals surface area contributed by atoms with Crippen LogP contribution in [0.15, 0.2) is 24.3 Å². The number of hydrogen-bond acceptors (Lipinski definition) is 3. The predicted molar refractivity (Wildman–Crippen MR) is 208 cm³/mol. The monoisotopic (exact) mass is 679 g/mol.